The summed E-state index contributed by atoms with van der Waals surface area (Å²) < 4.78 is 5.39. The molecule has 1 heterocycles. The largest absolute Gasteiger partial charge is 0.378 e. The number of hydrogen-bond acceptors (Lipinski definition) is 4. The summed E-state index contributed by atoms with van der Waals surface area (Å²) in [6.45, 7) is 0.272. The van der Waals surface area contributed by atoms with Crippen molar-refractivity contribution in [3.8, 4) is 0 Å². The lowest BCUT2D eigenvalue weighted by molar-refractivity contribution is 0.181. The number of ether oxygens (including phenoxy) is 1. The lowest BCUT2D eigenvalue weighted by Gasteiger charge is -2.08. The van der Waals surface area contributed by atoms with Crippen molar-refractivity contribution in [1.82, 2.24) is 9.97 Å². The highest BCUT2D eigenvalue weighted by molar-refractivity contribution is 9.10. The maximum atomic E-state index is 11.7. The van der Waals surface area contributed by atoms with E-state index in [1.165, 1.54) is 0 Å². The Morgan fingerprint density at radius 2 is 2.11 bits per heavy atom. The highest BCUT2D eigenvalue weighted by Crippen LogP contribution is 2.15. The van der Waals surface area contributed by atoms with Gasteiger partial charge in [-0.3, -0.25) is 9.78 Å². The SMILES string of the molecule is COCc1nc(Nc2ccccc2)[nH]c(=O)c1Br. The van der Waals surface area contributed by atoms with Gasteiger partial charge in [0, 0.05) is 12.8 Å². The Labute approximate surface area is 112 Å². The molecule has 0 atom stereocenters. The molecule has 0 radical (unpaired) electrons. The third-order valence-electron chi connectivity index (χ3n) is 2.25. The Balaban J connectivity index is 2.32. The van der Waals surface area contributed by atoms with Crippen LogP contribution in [0.1, 0.15) is 5.69 Å². The molecule has 0 bridgehead atoms. The number of methoxy groups -OCH3 is 1. The van der Waals surface area contributed by atoms with Crippen molar-refractivity contribution in [3.05, 3.63) is 50.9 Å². The summed E-state index contributed by atoms with van der Waals surface area (Å²) in [5.41, 5.74) is 1.17. The van der Waals surface area contributed by atoms with E-state index in [1.54, 1.807) is 7.11 Å². The molecule has 1 aromatic heterocycles. The summed E-state index contributed by atoms with van der Waals surface area (Å²) in [6, 6.07) is 9.49. The first kappa shape index (κ1) is 12.8. The van der Waals surface area contributed by atoms with Crippen molar-refractivity contribution < 1.29 is 4.74 Å². The molecule has 0 aliphatic heterocycles. The molecule has 0 aliphatic rings. The first-order valence-electron chi connectivity index (χ1n) is 5.30. The summed E-state index contributed by atoms with van der Waals surface area (Å²) in [5, 5.41) is 3.03. The number of benzene rings is 1. The molecule has 0 spiro atoms. The minimum Gasteiger partial charge on any atom is -0.378 e. The van der Waals surface area contributed by atoms with Gasteiger partial charge in [-0.05, 0) is 28.1 Å². The first-order valence-corrected chi connectivity index (χ1v) is 6.09. The van der Waals surface area contributed by atoms with Gasteiger partial charge in [0.05, 0.1) is 12.3 Å². The number of rotatable bonds is 4. The second kappa shape index (κ2) is 5.79. The predicted molar refractivity (Wildman–Crippen MR) is 73.0 cm³/mol. The van der Waals surface area contributed by atoms with Gasteiger partial charge in [0.1, 0.15) is 4.47 Å². The predicted octanol–water partition coefficient (Wildman–Crippen LogP) is 2.42. The molecule has 2 aromatic rings. The zero-order valence-corrected chi connectivity index (χ0v) is 11.3. The van der Waals surface area contributed by atoms with Gasteiger partial charge in [-0.25, -0.2) is 4.98 Å². The van der Waals surface area contributed by atoms with Gasteiger partial charge in [0.15, 0.2) is 0 Å². The maximum absolute atomic E-state index is 11.7. The number of anilines is 2. The van der Waals surface area contributed by atoms with E-state index in [1.807, 2.05) is 30.3 Å². The van der Waals surface area contributed by atoms with Crippen LogP contribution in [0.4, 0.5) is 11.6 Å². The molecule has 5 nitrogen and oxygen atoms in total. The quantitative estimate of drug-likeness (QED) is 0.910. The third-order valence-corrected chi connectivity index (χ3v) is 3.07. The lowest BCUT2D eigenvalue weighted by Crippen LogP contribution is -2.15. The molecule has 18 heavy (non-hydrogen) atoms. The first-order chi connectivity index (χ1) is 8.70. The highest BCUT2D eigenvalue weighted by Gasteiger charge is 2.08. The lowest BCUT2D eigenvalue weighted by atomic mass is 10.3. The minimum atomic E-state index is -0.240. The number of hydrogen-bond donors (Lipinski definition) is 2. The highest BCUT2D eigenvalue weighted by atomic mass is 79.9. The van der Waals surface area contributed by atoms with Crippen LogP contribution in [0.3, 0.4) is 0 Å². The molecule has 0 amide bonds. The summed E-state index contributed by atoms with van der Waals surface area (Å²) in [7, 11) is 1.56. The molecule has 0 aliphatic carbocycles. The van der Waals surface area contributed by atoms with Crippen molar-refractivity contribution in [2.24, 2.45) is 0 Å². The molecule has 1 aromatic carbocycles. The van der Waals surface area contributed by atoms with Crippen molar-refractivity contribution in [3.63, 3.8) is 0 Å². The average molecular weight is 310 g/mol. The number of aromatic amines is 1. The van der Waals surface area contributed by atoms with Crippen LogP contribution in [0.2, 0.25) is 0 Å². The molecule has 0 saturated carbocycles. The summed E-state index contributed by atoms with van der Waals surface area (Å²) in [4.78, 5) is 18.6. The molecule has 6 heteroatoms. The van der Waals surface area contributed by atoms with Gasteiger partial charge in [-0.1, -0.05) is 18.2 Å². The third kappa shape index (κ3) is 2.96. The Kier molecular flexibility index (Phi) is 4.11. The van der Waals surface area contributed by atoms with Crippen molar-refractivity contribution in [2.75, 3.05) is 12.4 Å². The van der Waals surface area contributed by atoms with Crippen LogP contribution in [0.15, 0.2) is 39.6 Å². The summed E-state index contributed by atoms with van der Waals surface area (Å²) >= 11 is 3.19. The zero-order chi connectivity index (χ0) is 13.0. The Hall–Kier alpha value is -1.66. The molecule has 2 N–H and O–H groups in total. The average Bonchev–Trinajstić information content (AvgIpc) is 2.37. The van der Waals surface area contributed by atoms with Gasteiger partial charge in [-0.15, -0.1) is 0 Å². The number of nitrogens with one attached hydrogen (secondary N) is 2. The van der Waals surface area contributed by atoms with E-state index in [2.05, 4.69) is 31.2 Å². The number of para-hydroxylation sites is 1. The smallest absolute Gasteiger partial charge is 0.266 e. The molecule has 2 rings (SSSR count). The zero-order valence-electron chi connectivity index (χ0n) is 9.74. The fourth-order valence-corrected chi connectivity index (χ4v) is 1.76. The van der Waals surface area contributed by atoms with Gasteiger partial charge in [0.2, 0.25) is 5.95 Å². The minimum absolute atomic E-state index is 0.240. The monoisotopic (exact) mass is 309 g/mol. The van der Waals surface area contributed by atoms with Gasteiger partial charge < -0.3 is 10.1 Å². The summed E-state index contributed by atoms with van der Waals surface area (Å²) in [6.07, 6.45) is 0. The van der Waals surface area contributed by atoms with Gasteiger partial charge in [0.25, 0.3) is 5.56 Å². The van der Waals surface area contributed by atoms with Gasteiger partial charge in [-0.2, -0.15) is 0 Å². The Morgan fingerprint density at radius 3 is 2.78 bits per heavy atom. The molecular weight excluding hydrogens is 298 g/mol. The number of aromatic nitrogens is 2. The maximum Gasteiger partial charge on any atom is 0.266 e. The number of nitrogens with zero attached hydrogens (tertiary/aromatic N) is 1. The van der Waals surface area contributed by atoms with E-state index in [9.17, 15) is 4.79 Å². The standard InChI is InChI=1S/C12H12BrN3O2/c1-18-7-9-10(13)11(17)16-12(15-9)14-8-5-3-2-4-6-8/h2-6H,7H2,1H3,(H2,14,15,16,17). The van der Waals surface area contributed by atoms with Gasteiger partial charge >= 0.3 is 0 Å². The van der Waals surface area contributed by atoms with Crippen LogP contribution in [0, 0.1) is 0 Å². The van der Waals surface area contributed by atoms with E-state index < -0.39 is 0 Å². The molecular formula is C12H12BrN3O2. The van der Waals surface area contributed by atoms with Crippen molar-refractivity contribution >= 4 is 27.6 Å². The van der Waals surface area contributed by atoms with E-state index >= 15 is 0 Å². The van der Waals surface area contributed by atoms with Crippen LogP contribution in [-0.2, 0) is 11.3 Å². The van der Waals surface area contributed by atoms with Crippen LogP contribution in [0.5, 0.6) is 0 Å². The molecule has 94 valence electrons. The Bertz CT molecular complexity index is 584. The van der Waals surface area contributed by atoms with Crippen LogP contribution in [-0.4, -0.2) is 17.1 Å². The molecule has 0 saturated heterocycles. The van der Waals surface area contributed by atoms with Crippen LogP contribution >= 0.6 is 15.9 Å². The second-order valence-corrected chi connectivity index (χ2v) is 4.39. The van der Waals surface area contributed by atoms with E-state index in [4.69, 9.17) is 4.74 Å². The molecule has 0 fully saturated rings. The van der Waals surface area contributed by atoms with Crippen LogP contribution in [0.25, 0.3) is 0 Å². The van der Waals surface area contributed by atoms with E-state index in [-0.39, 0.29) is 12.2 Å². The second-order valence-electron chi connectivity index (χ2n) is 3.60. The number of H-pyrrole nitrogens is 1. The van der Waals surface area contributed by atoms with Crippen molar-refractivity contribution in [1.29, 1.82) is 0 Å². The summed E-state index contributed by atoms with van der Waals surface area (Å²) in [5.74, 6) is 0.390. The van der Waals surface area contributed by atoms with E-state index in [0.29, 0.717) is 16.1 Å². The van der Waals surface area contributed by atoms with E-state index in [0.717, 1.165) is 5.69 Å². The number of halogens is 1. The fraction of sp³-hybridized carbons (Fsp3) is 0.167. The van der Waals surface area contributed by atoms with Crippen molar-refractivity contribution in [2.45, 2.75) is 6.61 Å². The normalized spacial score (nSPS) is 10.3. The topological polar surface area (TPSA) is 67.0 Å². The fourth-order valence-electron chi connectivity index (χ4n) is 1.46. The molecule has 0 unspecified atom stereocenters. The Morgan fingerprint density at radius 1 is 1.39 bits per heavy atom. The van der Waals surface area contributed by atoms with Crippen LogP contribution < -0.4 is 10.9 Å².